The number of nitrogens with one attached hydrogen (secondary N) is 1. The first-order valence-electron chi connectivity index (χ1n) is 7.64. The van der Waals surface area contributed by atoms with Crippen molar-refractivity contribution >= 4 is 22.4 Å². The van der Waals surface area contributed by atoms with E-state index in [9.17, 15) is 4.79 Å². The molecule has 1 atom stereocenters. The van der Waals surface area contributed by atoms with Crippen LogP contribution in [0, 0.1) is 0 Å². The number of ether oxygens (including phenoxy) is 1. The van der Waals surface area contributed by atoms with Crippen LogP contribution >= 0.6 is 11.3 Å². The maximum Gasteiger partial charge on any atom is 0.322 e. The second kappa shape index (κ2) is 5.65. The van der Waals surface area contributed by atoms with Crippen molar-refractivity contribution in [1.29, 1.82) is 0 Å². The Labute approximate surface area is 133 Å². The number of benzene rings is 1. The Morgan fingerprint density at radius 2 is 2.32 bits per heavy atom. The van der Waals surface area contributed by atoms with E-state index in [2.05, 4.69) is 23.5 Å². The summed E-state index contributed by atoms with van der Waals surface area (Å²) >= 11 is 1.55. The van der Waals surface area contributed by atoms with Crippen molar-refractivity contribution in [3.8, 4) is 5.75 Å². The molecule has 2 aliphatic rings. The largest absolute Gasteiger partial charge is 0.493 e. The number of rotatable bonds is 2. The zero-order valence-corrected chi connectivity index (χ0v) is 13.1. The zero-order chi connectivity index (χ0) is 14.9. The molecule has 22 heavy (non-hydrogen) atoms. The number of hydrogen-bond acceptors (Lipinski definition) is 3. The molecule has 2 aliphatic heterocycles. The topological polar surface area (TPSA) is 41.6 Å². The van der Waals surface area contributed by atoms with Crippen LogP contribution < -0.4 is 10.1 Å². The summed E-state index contributed by atoms with van der Waals surface area (Å²) in [6, 6.07) is 10.4. The molecule has 1 fully saturated rings. The van der Waals surface area contributed by atoms with E-state index in [1.807, 2.05) is 22.4 Å². The maximum atomic E-state index is 12.3. The van der Waals surface area contributed by atoms with Gasteiger partial charge in [0.25, 0.3) is 0 Å². The number of amides is 2. The van der Waals surface area contributed by atoms with E-state index >= 15 is 0 Å². The lowest BCUT2D eigenvalue weighted by molar-refractivity contribution is 0.222. The Hall–Kier alpha value is -2.01. The predicted molar refractivity (Wildman–Crippen MR) is 87.9 cm³/mol. The smallest absolute Gasteiger partial charge is 0.322 e. The molecule has 1 N–H and O–H groups in total. The van der Waals surface area contributed by atoms with Gasteiger partial charge in [0.2, 0.25) is 0 Å². The second-order valence-electron chi connectivity index (χ2n) is 5.80. The number of thiophene rings is 1. The third-order valence-electron chi connectivity index (χ3n) is 4.41. The third kappa shape index (κ3) is 2.57. The summed E-state index contributed by atoms with van der Waals surface area (Å²) in [5, 5.41) is 5.84. The van der Waals surface area contributed by atoms with Crippen molar-refractivity contribution in [3.05, 3.63) is 46.8 Å². The van der Waals surface area contributed by atoms with Crippen LogP contribution in [-0.4, -0.2) is 30.6 Å². The number of carbonyl (C=O) groups is 1. The van der Waals surface area contributed by atoms with Gasteiger partial charge >= 0.3 is 6.03 Å². The minimum atomic E-state index is 0.00874. The molecule has 0 bridgehead atoms. The van der Waals surface area contributed by atoms with Gasteiger partial charge in [-0.25, -0.2) is 4.79 Å². The minimum Gasteiger partial charge on any atom is -0.493 e. The molecule has 2 amide bonds. The van der Waals surface area contributed by atoms with Gasteiger partial charge in [-0.3, -0.25) is 5.32 Å². The van der Waals surface area contributed by atoms with Gasteiger partial charge in [0.15, 0.2) is 0 Å². The van der Waals surface area contributed by atoms with Crippen molar-refractivity contribution in [2.24, 2.45) is 0 Å². The fourth-order valence-electron chi connectivity index (χ4n) is 3.21. The molecule has 2 aromatic rings. The molecule has 5 heteroatoms. The van der Waals surface area contributed by atoms with Crippen LogP contribution in [0.4, 0.5) is 9.80 Å². The zero-order valence-electron chi connectivity index (χ0n) is 12.2. The maximum absolute atomic E-state index is 12.3. The molecule has 114 valence electrons. The van der Waals surface area contributed by atoms with Crippen LogP contribution in [0.3, 0.4) is 0 Å². The van der Waals surface area contributed by atoms with Crippen LogP contribution in [-0.2, 0) is 6.42 Å². The summed E-state index contributed by atoms with van der Waals surface area (Å²) in [7, 11) is 0. The number of likely N-dealkylation sites (tertiary alicyclic amines) is 1. The highest BCUT2D eigenvalue weighted by atomic mass is 32.1. The Kier molecular flexibility index (Phi) is 3.50. The molecule has 1 aromatic heterocycles. The van der Waals surface area contributed by atoms with Gasteiger partial charge in [-0.15, -0.1) is 11.3 Å². The predicted octanol–water partition coefficient (Wildman–Crippen LogP) is 3.70. The van der Waals surface area contributed by atoms with Crippen LogP contribution in [0.2, 0.25) is 0 Å². The number of hydrogen-bond donors (Lipinski definition) is 1. The highest BCUT2D eigenvalue weighted by Crippen LogP contribution is 2.33. The average molecular weight is 314 g/mol. The molecule has 1 saturated heterocycles. The summed E-state index contributed by atoms with van der Waals surface area (Å²) in [4.78, 5) is 14.2. The number of fused-ring (bicyclic) bond motifs is 1. The molecule has 4 rings (SSSR count). The van der Waals surface area contributed by atoms with E-state index in [1.165, 1.54) is 11.1 Å². The normalized spacial score (nSPS) is 19.8. The Balaban J connectivity index is 1.42. The van der Waals surface area contributed by atoms with Crippen molar-refractivity contribution in [3.63, 3.8) is 0 Å². The first-order valence-corrected chi connectivity index (χ1v) is 8.52. The minimum absolute atomic E-state index is 0.00874. The standard InChI is InChI=1S/C17H18N2O2S/c20-17(18-16-2-1-9-22-16)19-7-5-14(11-19)12-3-4-15-13(10-12)6-8-21-15/h1-4,9-10,14H,5-8,11H2,(H,18,20)/t14-/m0/s1. The molecule has 0 saturated carbocycles. The highest BCUT2D eigenvalue weighted by Gasteiger charge is 2.28. The molecule has 4 nitrogen and oxygen atoms in total. The van der Waals surface area contributed by atoms with Crippen molar-refractivity contribution in [2.45, 2.75) is 18.8 Å². The summed E-state index contributed by atoms with van der Waals surface area (Å²) in [5.41, 5.74) is 2.63. The molecule has 0 unspecified atom stereocenters. The van der Waals surface area contributed by atoms with Crippen LogP contribution in [0.25, 0.3) is 0 Å². The number of nitrogens with zero attached hydrogens (tertiary/aromatic N) is 1. The second-order valence-corrected chi connectivity index (χ2v) is 6.75. The van der Waals surface area contributed by atoms with E-state index in [0.29, 0.717) is 5.92 Å². The molecular weight excluding hydrogens is 296 g/mol. The molecule has 1 aromatic carbocycles. The SMILES string of the molecule is O=C(Nc1cccs1)N1CC[C@H](c2ccc3c(c2)CCO3)C1. The lowest BCUT2D eigenvalue weighted by Crippen LogP contribution is -2.32. The summed E-state index contributed by atoms with van der Waals surface area (Å²) in [6.45, 7) is 2.39. The lowest BCUT2D eigenvalue weighted by atomic mass is 9.96. The Morgan fingerprint density at radius 3 is 3.18 bits per heavy atom. The molecule has 3 heterocycles. The number of anilines is 1. The van der Waals surface area contributed by atoms with Gasteiger partial charge in [-0.2, -0.15) is 0 Å². The van der Waals surface area contributed by atoms with Crippen molar-refractivity contribution < 1.29 is 9.53 Å². The van der Waals surface area contributed by atoms with Crippen LogP contribution in [0.15, 0.2) is 35.7 Å². The van der Waals surface area contributed by atoms with E-state index in [4.69, 9.17) is 4.74 Å². The van der Waals surface area contributed by atoms with Crippen LogP contribution in [0.1, 0.15) is 23.5 Å². The van der Waals surface area contributed by atoms with Crippen LogP contribution in [0.5, 0.6) is 5.75 Å². The lowest BCUT2D eigenvalue weighted by Gasteiger charge is -2.17. The fourth-order valence-corrected chi connectivity index (χ4v) is 3.82. The van der Waals surface area contributed by atoms with Gasteiger partial charge in [-0.05, 0) is 41.1 Å². The summed E-state index contributed by atoms with van der Waals surface area (Å²) in [6.07, 6.45) is 2.02. The Morgan fingerprint density at radius 1 is 1.36 bits per heavy atom. The summed E-state index contributed by atoms with van der Waals surface area (Å²) in [5.74, 6) is 1.45. The molecule has 0 spiro atoms. The first kappa shape index (κ1) is 13.6. The van der Waals surface area contributed by atoms with E-state index in [0.717, 1.165) is 43.3 Å². The van der Waals surface area contributed by atoms with Gasteiger partial charge in [-0.1, -0.05) is 12.1 Å². The van der Waals surface area contributed by atoms with Gasteiger partial charge in [0.1, 0.15) is 5.75 Å². The van der Waals surface area contributed by atoms with Crippen molar-refractivity contribution in [2.75, 3.05) is 25.0 Å². The first-order chi connectivity index (χ1) is 10.8. The molecular formula is C17H18N2O2S. The van der Waals surface area contributed by atoms with E-state index < -0.39 is 0 Å². The van der Waals surface area contributed by atoms with E-state index in [1.54, 1.807) is 11.3 Å². The number of carbonyl (C=O) groups excluding carboxylic acids is 1. The molecule has 0 radical (unpaired) electrons. The van der Waals surface area contributed by atoms with E-state index in [-0.39, 0.29) is 6.03 Å². The van der Waals surface area contributed by atoms with Gasteiger partial charge in [0, 0.05) is 25.4 Å². The molecule has 0 aliphatic carbocycles. The van der Waals surface area contributed by atoms with Crippen molar-refractivity contribution in [1.82, 2.24) is 4.90 Å². The fraction of sp³-hybridized carbons (Fsp3) is 0.353. The Bertz CT molecular complexity index is 684. The quantitative estimate of drug-likeness (QED) is 0.918. The highest BCUT2D eigenvalue weighted by molar-refractivity contribution is 7.14. The number of urea groups is 1. The van der Waals surface area contributed by atoms with Gasteiger partial charge in [0.05, 0.1) is 11.6 Å². The third-order valence-corrected chi connectivity index (χ3v) is 5.20. The van der Waals surface area contributed by atoms with Gasteiger partial charge < -0.3 is 9.64 Å². The monoisotopic (exact) mass is 314 g/mol. The average Bonchev–Trinajstić information content (AvgIpc) is 3.27. The summed E-state index contributed by atoms with van der Waals surface area (Å²) < 4.78 is 5.56.